The summed E-state index contributed by atoms with van der Waals surface area (Å²) in [6.07, 6.45) is 5.63. The second-order valence-corrected chi connectivity index (χ2v) is 12.8. The SMILES string of the molecule is C1=CC(c2cccc(-n3c4ccccc4c4ccccc43)c2)Cc2c1n(-c1cccc(-c3n[nH]c(-c4ccccc4)n3)c1)c1ccccc21. The fourth-order valence-electron chi connectivity index (χ4n) is 7.71. The van der Waals surface area contributed by atoms with Crippen LogP contribution >= 0.6 is 0 Å². The molecule has 5 heteroatoms. The maximum Gasteiger partial charge on any atom is 0.181 e. The Hall–Kier alpha value is -6.46. The first kappa shape index (κ1) is 27.6. The zero-order valence-electron chi connectivity index (χ0n) is 26.7. The number of allylic oxidation sites excluding steroid dienone is 1. The van der Waals surface area contributed by atoms with Crippen LogP contribution in [0.4, 0.5) is 0 Å². The minimum absolute atomic E-state index is 0.260. The summed E-state index contributed by atoms with van der Waals surface area (Å²) in [6, 6.07) is 53.9. The Morgan fingerprint density at radius 1 is 0.551 bits per heavy atom. The minimum atomic E-state index is 0.260. The van der Waals surface area contributed by atoms with Gasteiger partial charge >= 0.3 is 0 Å². The van der Waals surface area contributed by atoms with E-state index in [1.54, 1.807) is 0 Å². The standard InChI is InChI=1S/C44H31N5/c1-2-12-29(13-3-1)43-45-44(47-46-43)32-15-11-17-34(27-32)49-41-23-9-6-20-37(41)38-28-31(24-25-42(38)49)30-14-10-16-33(26-30)48-39-21-7-4-18-35(39)36-19-5-8-22-40(36)48/h1-27,31H,28H2,(H,45,46,47). The molecule has 3 aromatic heterocycles. The second-order valence-electron chi connectivity index (χ2n) is 12.8. The molecule has 5 nitrogen and oxygen atoms in total. The van der Waals surface area contributed by atoms with Gasteiger partial charge < -0.3 is 9.13 Å². The Kier molecular flexibility index (Phi) is 6.24. The lowest BCUT2D eigenvalue weighted by molar-refractivity contribution is 0.824. The van der Waals surface area contributed by atoms with Crippen LogP contribution in [0.3, 0.4) is 0 Å². The Labute approximate surface area is 283 Å². The zero-order chi connectivity index (χ0) is 32.3. The van der Waals surface area contributed by atoms with E-state index in [2.05, 4.69) is 153 Å². The molecular formula is C44H31N5. The predicted octanol–water partition coefficient (Wildman–Crippen LogP) is 10.5. The molecule has 10 rings (SSSR count). The van der Waals surface area contributed by atoms with E-state index in [9.17, 15) is 0 Å². The second kappa shape index (κ2) is 11.1. The zero-order valence-corrected chi connectivity index (χ0v) is 26.7. The van der Waals surface area contributed by atoms with Crippen LogP contribution in [-0.2, 0) is 6.42 Å². The summed E-state index contributed by atoms with van der Waals surface area (Å²) in [6.45, 7) is 0. The van der Waals surface area contributed by atoms with Crippen molar-refractivity contribution in [3.8, 4) is 34.2 Å². The third kappa shape index (κ3) is 4.47. The number of H-pyrrole nitrogens is 1. The molecule has 6 aromatic carbocycles. The molecular weight excluding hydrogens is 599 g/mol. The van der Waals surface area contributed by atoms with Crippen molar-refractivity contribution in [2.24, 2.45) is 0 Å². The third-order valence-electron chi connectivity index (χ3n) is 9.96. The summed E-state index contributed by atoms with van der Waals surface area (Å²) in [4.78, 5) is 4.83. The van der Waals surface area contributed by atoms with Crippen LogP contribution in [0.15, 0.2) is 158 Å². The number of aromatic nitrogens is 5. The van der Waals surface area contributed by atoms with E-state index in [-0.39, 0.29) is 5.92 Å². The lowest BCUT2D eigenvalue weighted by atomic mass is 9.86. The summed E-state index contributed by atoms with van der Waals surface area (Å²) in [5, 5.41) is 11.6. The van der Waals surface area contributed by atoms with Crippen molar-refractivity contribution >= 4 is 38.8 Å². The number of aromatic amines is 1. The van der Waals surface area contributed by atoms with E-state index >= 15 is 0 Å². The van der Waals surface area contributed by atoms with Crippen molar-refractivity contribution in [3.63, 3.8) is 0 Å². The van der Waals surface area contributed by atoms with E-state index in [1.165, 1.54) is 55.2 Å². The molecule has 49 heavy (non-hydrogen) atoms. The van der Waals surface area contributed by atoms with Crippen molar-refractivity contribution < 1.29 is 0 Å². The van der Waals surface area contributed by atoms with Gasteiger partial charge in [0.15, 0.2) is 11.6 Å². The molecule has 1 aliphatic rings. The monoisotopic (exact) mass is 629 g/mol. The average molecular weight is 630 g/mol. The first-order chi connectivity index (χ1) is 24.3. The number of benzene rings is 6. The van der Waals surface area contributed by atoms with Gasteiger partial charge in [-0.1, -0.05) is 115 Å². The lowest BCUT2D eigenvalue weighted by Crippen LogP contribution is -2.08. The van der Waals surface area contributed by atoms with Crippen molar-refractivity contribution in [1.82, 2.24) is 24.3 Å². The summed E-state index contributed by atoms with van der Waals surface area (Å²) >= 11 is 0. The van der Waals surface area contributed by atoms with Crippen molar-refractivity contribution in [3.05, 3.63) is 175 Å². The molecule has 3 heterocycles. The fraction of sp³-hybridized carbons (Fsp3) is 0.0455. The Morgan fingerprint density at radius 3 is 1.92 bits per heavy atom. The highest BCUT2D eigenvalue weighted by Gasteiger charge is 2.24. The highest BCUT2D eigenvalue weighted by Crippen LogP contribution is 2.40. The summed E-state index contributed by atoms with van der Waals surface area (Å²) in [7, 11) is 0. The Bertz CT molecular complexity index is 2650. The van der Waals surface area contributed by atoms with Gasteiger partial charge in [-0.2, -0.15) is 5.10 Å². The molecule has 1 aliphatic carbocycles. The van der Waals surface area contributed by atoms with Crippen LogP contribution in [0, 0.1) is 0 Å². The topological polar surface area (TPSA) is 51.4 Å². The highest BCUT2D eigenvalue weighted by molar-refractivity contribution is 6.09. The molecule has 1 N–H and O–H groups in total. The van der Waals surface area contributed by atoms with E-state index in [0.29, 0.717) is 5.82 Å². The van der Waals surface area contributed by atoms with Crippen molar-refractivity contribution in [2.75, 3.05) is 0 Å². The van der Waals surface area contributed by atoms with Crippen LogP contribution in [0.25, 0.3) is 72.9 Å². The predicted molar refractivity (Wildman–Crippen MR) is 200 cm³/mol. The normalized spacial score (nSPS) is 14.2. The first-order valence-corrected chi connectivity index (χ1v) is 16.8. The number of hydrogen-bond donors (Lipinski definition) is 1. The molecule has 0 bridgehead atoms. The molecule has 0 radical (unpaired) electrons. The van der Waals surface area contributed by atoms with Crippen LogP contribution in [0.1, 0.15) is 22.7 Å². The number of hydrogen-bond acceptors (Lipinski definition) is 2. The summed E-state index contributed by atoms with van der Waals surface area (Å²) in [5.74, 6) is 1.71. The number of rotatable bonds is 5. The number of nitrogens with one attached hydrogen (secondary N) is 1. The molecule has 0 spiro atoms. The maximum absolute atomic E-state index is 4.83. The van der Waals surface area contributed by atoms with Gasteiger partial charge in [0.2, 0.25) is 0 Å². The molecule has 0 saturated carbocycles. The fourth-order valence-corrected chi connectivity index (χ4v) is 7.71. The van der Waals surface area contributed by atoms with E-state index in [4.69, 9.17) is 4.98 Å². The van der Waals surface area contributed by atoms with Gasteiger partial charge in [-0.05, 0) is 66.1 Å². The van der Waals surface area contributed by atoms with E-state index < -0.39 is 0 Å². The lowest BCUT2D eigenvalue weighted by Gasteiger charge is -2.20. The van der Waals surface area contributed by atoms with Gasteiger partial charge in [0, 0.05) is 50.3 Å². The smallest absolute Gasteiger partial charge is 0.181 e. The number of nitrogens with zero attached hydrogens (tertiary/aromatic N) is 4. The van der Waals surface area contributed by atoms with Gasteiger partial charge in [0.1, 0.15) is 0 Å². The van der Waals surface area contributed by atoms with E-state index in [0.717, 1.165) is 29.1 Å². The van der Waals surface area contributed by atoms with Crippen molar-refractivity contribution in [1.29, 1.82) is 0 Å². The average Bonchev–Trinajstić information content (AvgIpc) is 3.89. The molecule has 0 aliphatic heterocycles. The van der Waals surface area contributed by atoms with Gasteiger partial charge in [0.25, 0.3) is 0 Å². The van der Waals surface area contributed by atoms with Crippen LogP contribution in [0.2, 0.25) is 0 Å². The Balaban J connectivity index is 1.04. The highest BCUT2D eigenvalue weighted by atomic mass is 15.2. The first-order valence-electron chi connectivity index (χ1n) is 16.8. The molecule has 1 atom stereocenters. The molecule has 9 aromatic rings. The molecule has 0 fully saturated rings. The summed E-state index contributed by atoms with van der Waals surface area (Å²) in [5.41, 5.74) is 11.9. The van der Waals surface area contributed by atoms with Crippen LogP contribution in [-0.4, -0.2) is 24.3 Å². The van der Waals surface area contributed by atoms with Gasteiger partial charge in [-0.25, -0.2) is 4.98 Å². The van der Waals surface area contributed by atoms with E-state index in [1.807, 2.05) is 30.3 Å². The summed E-state index contributed by atoms with van der Waals surface area (Å²) < 4.78 is 4.79. The molecule has 0 amide bonds. The number of para-hydroxylation sites is 3. The van der Waals surface area contributed by atoms with Crippen LogP contribution < -0.4 is 0 Å². The minimum Gasteiger partial charge on any atom is -0.310 e. The maximum atomic E-state index is 4.83. The largest absolute Gasteiger partial charge is 0.310 e. The van der Waals surface area contributed by atoms with Gasteiger partial charge in [-0.15, -0.1) is 0 Å². The van der Waals surface area contributed by atoms with Crippen LogP contribution in [0.5, 0.6) is 0 Å². The van der Waals surface area contributed by atoms with Gasteiger partial charge in [-0.3, -0.25) is 5.10 Å². The Morgan fingerprint density at radius 2 is 1.16 bits per heavy atom. The quantitative estimate of drug-likeness (QED) is 0.206. The van der Waals surface area contributed by atoms with Gasteiger partial charge in [0.05, 0.1) is 16.6 Å². The number of fused-ring (bicyclic) bond motifs is 6. The molecule has 232 valence electrons. The van der Waals surface area contributed by atoms with Crippen molar-refractivity contribution in [2.45, 2.75) is 12.3 Å². The third-order valence-corrected chi connectivity index (χ3v) is 9.96. The molecule has 1 unspecified atom stereocenters. The molecule has 0 saturated heterocycles.